The van der Waals surface area contributed by atoms with Crippen LogP contribution in [0, 0.1) is 0 Å². The van der Waals surface area contributed by atoms with E-state index in [1.807, 2.05) is 61.0 Å². The number of aromatic nitrogens is 2. The molecule has 2 amide bonds. The molecule has 2 N–H and O–H groups in total. The van der Waals surface area contributed by atoms with Crippen molar-refractivity contribution in [1.29, 1.82) is 0 Å². The van der Waals surface area contributed by atoms with Gasteiger partial charge in [-0.25, -0.2) is 9.48 Å². The Bertz CT molecular complexity index is 1160. The van der Waals surface area contributed by atoms with E-state index in [1.54, 1.807) is 0 Å². The lowest BCUT2D eigenvalue weighted by Gasteiger charge is -2.26. The smallest absolute Gasteiger partial charge is 0.324 e. The summed E-state index contributed by atoms with van der Waals surface area (Å²) in [7, 11) is 0. The van der Waals surface area contributed by atoms with Crippen LogP contribution in [0.4, 0.5) is 16.3 Å². The molecule has 2 aromatic carbocycles. The average Bonchev–Trinajstić information content (AvgIpc) is 3.26. The summed E-state index contributed by atoms with van der Waals surface area (Å²) < 4.78 is 13.4. The summed E-state index contributed by atoms with van der Waals surface area (Å²) >= 11 is 0. The Morgan fingerprint density at radius 1 is 1.09 bits per heavy atom. The highest BCUT2D eigenvalue weighted by Crippen LogP contribution is 2.32. The Balaban J connectivity index is 1.47. The molecule has 0 radical (unpaired) electrons. The minimum absolute atomic E-state index is 0.110. The molecule has 4 rings (SSSR count). The van der Waals surface area contributed by atoms with Gasteiger partial charge in [-0.3, -0.25) is 10.2 Å². The summed E-state index contributed by atoms with van der Waals surface area (Å²) in [6, 6.07) is 13.5. The molecule has 1 fully saturated rings. The zero-order valence-electron chi connectivity index (χ0n) is 21.4. The van der Waals surface area contributed by atoms with Crippen LogP contribution in [0.5, 0.6) is 5.75 Å². The zero-order valence-corrected chi connectivity index (χ0v) is 21.4. The van der Waals surface area contributed by atoms with E-state index < -0.39 is 0 Å². The molecule has 2 heterocycles. The Labute approximate surface area is 207 Å². The highest BCUT2D eigenvalue weighted by Gasteiger charge is 2.22. The van der Waals surface area contributed by atoms with E-state index >= 15 is 0 Å². The van der Waals surface area contributed by atoms with Crippen molar-refractivity contribution in [1.82, 2.24) is 14.7 Å². The molecule has 1 aliphatic heterocycles. The Morgan fingerprint density at radius 2 is 1.80 bits per heavy atom. The number of rotatable bonds is 7. The number of carbonyl (C=O) groups excluding carboxylic acids is 1. The van der Waals surface area contributed by atoms with Crippen molar-refractivity contribution in [3.8, 4) is 5.75 Å². The van der Waals surface area contributed by atoms with Gasteiger partial charge in [-0.15, -0.1) is 0 Å². The van der Waals surface area contributed by atoms with Gasteiger partial charge < -0.3 is 14.8 Å². The molecule has 0 spiro atoms. The molecule has 3 aromatic rings. The summed E-state index contributed by atoms with van der Waals surface area (Å²) in [6.45, 7) is 15.3. The predicted molar refractivity (Wildman–Crippen MR) is 141 cm³/mol. The number of urea groups is 1. The van der Waals surface area contributed by atoms with E-state index in [1.165, 1.54) is 0 Å². The van der Waals surface area contributed by atoms with Crippen LogP contribution in [-0.2, 0) is 10.2 Å². The van der Waals surface area contributed by atoms with Gasteiger partial charge in [0, 0.05) is 47.9 Å². The van der Waals surface area contributed by atoms with Gasteiger partial charge in [0.15, 0.2) is 0 Å². The number of benzene rings is 2. The molecule has 8 nitrogen and oxygen atoms in total. The van der Waals surface area contributed by atoms with Gasteiger partial charge in [0.25, 0.3) is 0 Å². The molecule has 1 aromatic heterocycles. The fourth-order valence-electron chi connectivity index (χ4n) is 4.13. The van der Waals surface area contributed by atoms with Crippen molar-refractivity contribution in [3.05, 3.63) is 48.2 Å². The van der Waals surface area contributed by atoms with Gasteiger partial charge >= 0.3 is 6.03 Å². The summed E-state index contributed by atoms with van der Waals surface area (Å²) in [6.07, 6.45) is 0. The minimum atomic E-state index is -0.307. The van der Waals surface area contributed by atoms with Gasteiger partial charge in [-0.1, -0.05) is 45.0 Å². The van der Waals surface area contributed by atoms with Gasteiger partial charge in [0.2, 0.25) is 0 Å². The summed E-state index contributed by atoms with van der Waals surface area (Å²) in [4.78, 5) is 15.3. The fourth-order valence-corrected chi connectivity index (χ4v) is 4.13. The number of anilines is 2. The topological polar surface area (TPSA) is 80.7 Å². The van der Waals surface area contributed by atoms with E-state index in [0.717, 1.165) is 60.8 Å². The molecule has 188 valence electrons. The highest BCUT2D eigenvalue weighted by molar-refractivity contribution is 6.07. The minimum Gasteiger partial charge on any atom is -0.492 e. The maximum Gasteiger partial charge on any atom is 0.324 e. The predicted octanol–water partition coefficient (Wildman–Crippen LogP) is 5.27. The lowest BCUT2D eigenvalue weighted by atomic mass is 9.92. The van der Waals surface area contributed by atoms with E-state index in [4.69, 9.17) is 14.6 Å². The zero-order chi connectivity index (χ0) is 25.0. The first kappa shape index (κ1) is 25.0. The van der Waals surface area contributed by atoms with Crippen LogP contribution in [0.2, 0.25) is 0 Å². The van der Waals surface area contributed by atoms with Crippen LogP contribution < -0.4 is 15.4 Å². The Morgan fingerprint density at radius 3 is 2.49 bits per heavy atom. The van der Waals surface area contributed by atoms with Crippen LogP contribution in [-0.4, -0.2) is 60.2 Å². The standard InChI is InChI=1S/C27H37N5O3/c1-19(2)32-25(18-24(30-32)27(3,4)5)29-26(33)28-22-10-11-23(21-9-7-6-8-20(21)22)35-17-14-31-12-15-34-16-13-31/h6-11,18-19H,12-17H2,1-5H3,(H2,28,29,33). The maximum absolute atomic E-state index is 13.0. The van der Waals surface area contributed by atoms with Crippen LogP contribution in [0.3, 0.4) is 0 Å². The van der Waals surface area contributed by atoms with Crippen LogP contribution in [0.1, 0.15) is 46.4 Å². The number of morpholine rings is 1. The number of nitrogens with zero attached hydrogens (tertiary/aromatic N) is 3. The lowest BCUT2D eigenvalue weighted by molar-refractivity contribution is 0.0323. The first-order valence-corrected chi connectivity index (χ1v) is 12.3. The van der Waals surface area contributed by atoms with Crippen LogP contribution in [0.25, 0.3) is 10.8 Å². The Hall–Kier alpha value is -3.10. The third-order valence-electron chi connectivity index (χ3n) is 6.14. The third kappa shape index (κ3) is 6.13. The van der Waals surface area contributed by atoms with Crippen molar-refractivity contribution in [2.75, 3.05) is 50.1 Å². The Kier molecular flexibility index (Phi) is 7.62. The van der Waals surface area contributed by atoms with Crippen LogP contribution in [0.15, 0.2) is 42.5 Å². The SMILES string of the molecule is CC(C)n1nc(C(C)(C)C)cc1NC(=O)Nc1ccc(OCCN2CCOCC2)c2ccccc12. The molecule has 0 unspecified atom stereocenters. The van der Waals surface area contributed by atoms with Crippen molar-refractivity contribution >= 4 is 28.3 Å². The second kappa shape index (κ2) is 10.7. The van der Waals surface area contributed by atoms with E-state index in [2.05, 4.69) is 36.3 Å². The second-order valence-electron chi connectivity index (χ2n) is 10.2. The number of ether oxygens (including phenoxy) is 2. The van der Waals surface area contributed by atoms with Crippen LogP contribution >= 0.6 is 0 Å². The molecule has 8 heteroatoms. The van der Waals surface area contributed by atoms with E-state index in [0.29, 0.717) is 12.4 Å². The van der Waals surface area contributed by atoms with E-state index in [9.17, 15) is 4.79 Å². The lowest BCUT2D eigenvalue weighted by Crippen LogP contribution is -2.38. The molecule has 35 heavy (non-hydrogen) atoms. The van der Waals surface area contributed by atoms with Gasteiger partial charge in [-0.05, 0) is 26.0 Å². The normalized spacial score (nSPS) is 14.9. The second-order valence-corrected chi connectivity index (χ2v) is 10.2. The third-order valence-corrected chi connectivity index (χ3v) is 6.14. The van der Waals surface area contributed by atoms with Gasteiger partial charge in [0.05, 0.1) is 24.6 Å². The van der Waals surface area contributed by atoms with Crippen molar-refractivity contribution in [2.45, 2.75) is 46.1 Å². The summed E-state index contributed by atoms with van der Waals surface area (Å²) in [5, 5.41) is 12.6. The van der Waals surface area contributed by atoms with E-state index in [-0.39, 0.29) is 17.5 Å². The maximum atomic E-state index is 13.0. The monoisotopic (exact) mass is 479 g/mol. The van der Waals surface area contributed by atoms with Crippen molar-refractivity contribution < 1.29 is 14.3 Å². The molecular weight excluding hydrogens is 442 g/mol. The van der Waals surface area contributed by atoms with Gasteiger partial charge in [-0.2, -0.15) is 5.10 Å². The average molecular weight is 480 g/mol. The molecule has 1 aliphatic rings. The first-order chi connectivity index (χ1) is 16.7. The quantitative estimate of drug-likeness (QED) is 0.483. The largest absolute Gasteiger partial charge is 0.492 e. The summed E-state index contributed by atoms with van der Waals surface area (Å²) in [5.74, 6) is 1.49. The highest BCUT2D eigenvalue weighted by atomic mass is 16.5. The number of fused-ring (bicyclic) bond motifs is 1. The van der Waals surface area contributed by atoms with Crippen molar-refractivity contribution in [2.24, 2.45) is 0 Å². The molecule has 0 saturated carbocycles. The van der Waals surface area contributed by atoms with Gasteiger partial charge in [0.1, 0.15) is 18.2 Å². The number of hydrogen-bond acceptors (Lipinski definition) is 5. The molecule has 0 atom stereocenters. The molecule has 0 aliphatic carbocycles. The molecule has 0 bridgehead atoms. The number of hydrogen-bond donors (Lipinski definition) is 2. The number of nitrogens with one attached hydrogen (secondary N) is 2. The number of amides is 2. The number of carbonyl (C=O) groups is 1. The first-order valence-electron chi connectivity index (χ1n) is 12.3. The van der Waals surface area contributed by atoms with Crippen molar-refractivity contribution in [3.63, 3.8) is 0 Å². The molecule has 1 saturated heterocycles. The summed E-state index contributed by atoms with van der Waals surface area (Å²) in [5.41, 5.74) is 1.55. The fraction of sp³-hybridized carbons (Fsp3) is 0.481. The molecular formula is C27H37N5O3.